The van der Waals surface area contributed by atoms with Crippen molar-refractivity contribution in [2.45, 2.75) is 18.9 Å². The van der Waals surface area contributed by atoms with Crippen LogP contribution in [-0.4, -0.2) is 50.3 Å². The lowest BCUT2D eigenvalue weighted by atomic mass is 10.1. The third-order valence-corrected chi connectivity index (χ3v) is 3.99. The monoisotopic (exact) mass is 328 g/mol. The molecule has 2 heterocycles. The van der Waals surface area contributed by atoms with Crippen molar-refractivity contribution in [1.29, 1.82) is 0 Å². The second-order valence-electron chi connectivity index (χ2n) is 5.23. The first-order valence-corrected chi connectivity index (χ1v) is 7.23. The molecule has 0 aliphatic carbocycles. The van der Waals surface area contributed by atoms with Gasteiger partial charge in [0.05, 0.1) is 7.11 Å². The first-order chi connectivity index (χ1) is 10.2. The fourth-order valence-corrected chi connectivity index (χ4v) is 2.91. The Labute approximate surface area is 135 Å². The van der Waals surface area contributed by atoms with Gasteiger partial charge in [-0.15, -0.1) is 12.4 Å². The normalized spacial score (nSPS) is 19.5. The van der Waals surface area contributed by atoms with Gasteiger partial charge in [-0.2, -0.15) is 0 Å². The minimum absolute atomic E-state index is 0. The number of halogens is 1. The zero-order chi connectivity index (χ0) is 14.8. The van der Waals surface area contributed by atoms with Crippen molar-refractivity contribution in [2.75, 3.05) is 33.4 Å². The lowest BCUT2D eigenvalue weighted by Gasteiger charge is -2.25. The van der Waals surface area contributed by atoms with Gasteiger partial charge in [-0.3, -0.25) is 4.79 Å². The molecule has 0 radical (unpaired) electrons. The molecule has 0 saturated carbocycles. The van der Waals surface area contributed by atoms with Crippen molar-refractivity contribution >= 4 is 18.3 Å². The van der Waals surface area contributed by atoms with E-state index in [1.807, 2.05) is 4.90 Å². The molecule has 1 fully saturated rings. The number of hydrogen-bond acceptors (Lipinski definition) is 5. The van der Waals surface area contributed by atoms with E-state index in [-0.39, 0.29) is 24.4 Å². The summed E-state index contributed by atoms with van der Waals surface area (Å²) in [5.41, 5.74) is 6.30. The van der Waals surface area contributed by atoms with E-state index < -0.39 is 0 Å². The summed E-state index contributed by atoms with van der Waals surface area (Å²) >= 11 is 0. The number of nitrogens with two attached hydrogens (primary N) is 1. The molecule has 1 unspecified atom stereocenters. The van der Waals surface area contributed by atoms with E-state index in [9.17, 15) is 4.79 Å². The topological polar surface area (TPSA) is 74.0 Å². The van der Waals surface area contributed by atoms with Crippen LogP contribution < -0.4 is 19.9 Å². The molecule has 0 bridgehead atoms. The predicted octanol–water partition coefficient (Wildman–Crippen LogP) is 1.45. The number of nitrogens with zero attached hydrogens (tertiary/aromatic N) is 1. The molecule has 7 heteroatoms. The second-order valence-corrected chi connectivity index (χ2v) is 5.23. The van der Waals surface area contributed by atoms with Crippen molar-refractivity contribution < 1.29 is 19.0 Å². The molecule has 1 saturated heterocycles. The summed E-state index contributed by atoms with van der Waals surface area (Å²) in [6, 6.07) is 3.56. The Morgan fingerprint density at radius 3 is 2.91 bits per heavy atom. The van der Waals surface area contributed by atoms with Gasteiger partial charge in [-0.1, -0.05) is 0 Å². The van der Waals surface area contributed by atoms with E-state index in [1.165, 1.54) is 0 Å². The van der Waals surface area contributed by atoms with Crippen molar-refractivity contribution in [3.8, 4) is 17.2 Å². The molecule has 6 nitrogen and oxygen atoms in total. The lowest BCUT2D eigenvalue weighted by molar-refractivity contribution is 0.0739. The number of carbonyl (C=O) groups excluding carboxylic acids is 1. The quantitative estimate of drug-likeness (QED) is 0.909. The number of rotatable bonds is 3. The molecule has 1 aromatic carbocycles. The van der Waals surface area contributed by atoms with Gasteiger partial charge in [0.2, 0.25) is 5.75 Å². The van der Waals surface area contributed by atoms with Crippen molar-refractivity contribution in [2.24, 2.45) is 5.73 Å². The number of ether oxygens (including phenoxy) is 3. The van der Waals surface area contributed by atoms with Crippen molar-refractivity contribution in [1.82, 2.24) is 4.90 Å². The van der Waals surface area contributed by atoms with Crippen molar-refractivity contribution in [3.63, 3.8) is 0 Å². The van der Waals surface area contributed by atoms with Gasteiger partial charge >= 0.3 is 0 Å². The van der Waals surface area contributed by atoms with E-state index in [0.29, 0.717) is 42.6 Å². The molecule has 2 aliphatic rings. The highest BCUT2D eigenvalue weighted by Gasteiger charge is 2.30. The SMILES string of the molecule is COc1cc(C(=O)N2CCCC2CN)cc2c1OCCO2.Cl. The number of methoxy groups -OCH3 is 1. The number of likely N-dealkylation sites (tertiary alicyclic amines) is 1. The first kappa shape index (κ1) is 16.7. The molecule has 3 rings (SSSR count). The summed E-state index contributed by atoms with van der Waals surface area (Å²) in [6.45, 7) is 2.20. The maximum atomic E-state index is 12.7. The third kappa shape index (κ3) is 2.94. The summed E-state index contributed by atoms with van der Waals surface area (Å²) < 4.78 is 16.4. The van der Waals surface area contributed by atoms with E-state index in [1.54, 1.807) is 19.2 Å². The Kier molecular flexibility index (Phi) is 5.37. The van der Waals surface area contributed by atoms with E-state index in [0.717, 1.165) is 19.4 Å². The van der Waals surface area contributed by atoms with Gasteiger partial charge in [0.25, 0.3) is 5.91 Å². The Hall–Kier alpha value is -1.66. The van der Waals surface area contributed by atoms with Crippen LogP contribution in [0.5, 0.6) is 17.2 Å². The van der Waals surface area contributed by atoms with Crippen LogP contribution in [0.15, 0.2) is 12.1 Å². The molecular formula is C15H21ClN2O4. The van der Waals surface area contributed by atoms with Crippen molar-refractivity contribution in [3.05, 3.63) is 17.7 Å². The smallest absolute Gasteiger partial charge is 0.254 e. The average Bonchev–Trinajstić information content (AvgIpc) is 3.01. The highest BCUT2D eigenvalue weighted by molar-refractivity contribution is 5.96. The molecule has 2 N–H and O–H groups in total. The van der Waals surface area contributed by atoms with Gasteiger partial charge in [-0.25, -0.2) is 0 Å². The zero-order valence-electron chi connectivity index (χ0n) is 12.5. The van der Waals surface area contributed by atoms with Gasteiger partial charge < -0.3 is 24.8 Å². The van der Waals surface area contributed by atoms with E-state index >= 15 is 0 Å². The van der Waals surface area contributed by atoms with E-state index in [4.69, 9.17) is 19.9 Å². The van der Waals surface area contributed by atoms with Crippen LogP contribution in [0.25, 0.3) is 0 Å². The largest absolute Gasteiger partial charge is 0.493 e. The van der Waals surface area contributed by atoms with Crippen LogP contribution in [0.4, 0.5) is 0 Å². The number of carbonyl (C=O) groups is 1. The fraction of sp³-hybridized carbons (Fsp3) is 0.533. The van der Waals surface area contributed by atoms with Crippen LogP contribution in [0, 0.1) is 0 Å². The molecular weight excluding hydrogens is 308 g/mol. The lowest BCUT2D eigenvalue weighted by Crippen LogP contribution is -2.39. The fourth-order valence-electron chi connectivity index (χ4n) is 2.91. The number of amides is 1. The summed E-state index contributed by atoms with van der Waals surface area (Å²) in [5.74, 6) is 1.63. The Balaban J connectivity index is 0.00000176. The molecule has 1 aromatic rings. The van der Waals surface area contributed by atoms with Gasteiger partial charge in [0, 0.05) is 24.7 Å². The average molecular weight is 329 g/mol. The Morgan fingerprint density at radius 1 is 1.41 bits per heavy atom. The minimum Gasteiger partial charge on any atom is -0.493 e. The summed E-state index contributed by atoms with van der Waals surface area (Å²) in [6.07, 6.45) is 1.96. The Bertz CT molecular complexity index is 535. The predicted molar refractivity (Wildman–Crippen MR) is 84.3 cm³/mol. The summed E-state index contributed by atoms with van der Waals surface area (Å²) in [7, 11) is 1.56. The highest BCUT2D eigenvalue weighted by atomic mass is 35.5. The molecule has 2 aliphatic heterocycles. The number of hydrogen-bond donors (Lipinski definition) is 1. The first-order valence-electron chi connectivity index (χ1n) is 7.23. The highest BCUT2D eigenvalue weighted by Crippen LogP contribution is 2.40. The maximum absolute atomic E-state index is 12.7. The molecule has 22 heavy (non-hydrogen) atoms. The number of fused-ring (bicyclic) bond motifs is 1. The van der Waals surface area contributed by atoms with Crippen LogP contribution in [-0.2, 0) is 0 Å². The van der Waals surface area contributed by atoms with Crippen LogP contribution >= 0.6 is 12.4 Å². The van der Waals surface area contributed by atoms with Gasteiger partial charge in [0.15, 0.2) is 11.5 Å². The van der Waals surface area contributed by atoms with Crippen LogP contribution in [0.2, 0.25) is 0 Å². The zero-order valence-corrected chi connectivity index (χ0v) is 13.4. The van der Waals surface area contributed by atoms with Gasteiger partial charge in [0.1, 0.15) is 13.2 Å². The third-order valence-electron chi connectivity index (χ3n) is 3.99. The minimum atomic E-state index is -0.0294. The standard InChI is InChI=1S/C15H20N2O4.ClH/c1-19-12-7-10(8-13-14(12)21-6-5-20-13)15(18)17-4-2-3-11(17)9-16;/h7-8,11H,2-6,9,16H2,1H3;1H. The molecule has 1 amide bonds. The molecule has 0 spiro atoms. The molecule has 1 atom stereocenters. The summed E-state index contributed by atoms with van der Waals surface area (Å²) in [4.78, 5) is 14.5. The molecule has 0 aromatic heterocycles. The van der Waals surface area contributed by atoms with Gasteiger partial charge in [-0.05, 0) is 25.0 Å². The molecule has 122 valence electrons. The van der Waals surface area contributed by atoms with Crippen LogP contribution in [0.1, 0.15) is 23.2 Å². The van der Waals surface area contributed by atoms with Crippen LogP contribution in [0.3, 0.4) is 0 Å². The second kappa shape index (κ2) is 7.07. The summed E-state index contributed by atoms with van der Waals surface area (Å²) in [5, 5.41) is 0. The number of benzene rings is 1. The Morgan fingerprint density at radius 2 is 2.18 bits per heavy atom. The maximum Gasteiger partial charge on any atom is 0.254 e. The van der Waals surface area contributed by atoms with E-state index in [2.05, 4.69) is 0 Å².